The van der Waals surface area contributed by atoms with E-state index in [1.807, 2.05) is 36.4 Å². The molecule has 2 fully saturated rings. The SMILES string of the molecule is COc1ccc(N2CCN(c3nc(NC4CCCNC4)c(-c4nc5ccccc5s4)c(=O)[nH]3)CC2)nc1. The van der Waals surface area contributed by atoms with Gasteiger partial charge in [-0.15, -0.1) is 11.3 Å². The number of thiazole rings is 1. The summed E-state index contributed by atoms with van der Waals surface area (Å²) >= 11 is 1.52. The van der Waals surface area contributed by atoms with Crippen molar-refractivity contribution in [1.82, 2.24) is 25.3 Å². The molecule has 10 nitrogen and oxygen atoms in total. The number of ether oxygens (including phenoxy) is 1. The van der Waals surface area contributed by atoms with Gasteiger partial charge >= 0.3 is 0 Å². The molecule has 2 aliphatic rings. The van der Waals surface area contributed by atoms with Crippen molar-refractivity contribution in [3.8, 4) is 16.3 Å². The van der Waals surface area contributed by atoms with Crippen LogP contribution in [0.3, 0.4) is 0 Å². The number of piperidine rings is 1. The van der Waals surface area contributed by atoms with E-state index in [1.54, 1.807) is 13.3 Å². The number of hydrogen-bond donors (Lipinski definition) is 3. The molecule has 2 saturated heterocycles. The number of aromatic amines is 1. The minimum atomic E-state index is -0.172. The average Bonchev–Trinajstić information content (AvgIpc) is 3.37. The molecule has 1 aromatic carbocycles. The molecule has 0 amide bonds. The summed E-state index contributed by atoms with van der Waals surface area (Å²) < 4.78 is 6.27. The van der Waals surface area contributed by atoms with E-state index in [1.165, 1.54) is 11.3 Å². The molecule has 0 spiro atoms. The molecular formula is C26H30N8O2S. The molecule has 3 N–H and O–H groups in total. The first kappa shape index (κ1) is 23.7. The van der Waals surface area contributed by atoms with Crippen LogP contribution in [0.5, 0.6) is 5.75 Å². The summed E-state index contributed by atoms with van der Waals surface area (Å²) in [5.74, 6) is 2.85. The molecular weight excluding hydrogens is 488 g/mol. The Balaban J connectivity index is 1.28. The van der Waals surface area contributed by atoms with Crippen LogP contribution in [0.15, 0.2) is 47.4 Å². The van der Waals surface area contributed by atoms with E-state index in [0.717, 1.165) is 73.9 Å². The van der Waals surface area contributed by atoms with Gasteiger partial charge < -0.3 is 25.2 Å². The third-order valence-electron chi connectivity index (χ3n) is 6.91. The van der Waals surface area contributed by atoms with Crippen molar-refractivity contribution in [1.29, 1.82) is 0 Å². The Bertz CT molecular complexity index is 1390. The zero-order valence-electron chi connectivity index (χ0n) is 20.7. The van der Waals surface area contributed by atoms with Crippen molar-refractivity contribution >= 4 is 39.1 Å². The Morgan fingerprint density at radius 3 is 2.65 bits per heavy atom. The van der Waals surface area contributed by atoms with Crippen molar-refractivity contribution in [2.24, 2.45) is 0 Å². The molecule has 0 radical (unpaired) electrons. The Labute approximate surface area is 218 Å². The number of nitrogens with one attached hydrogen (secondary N) is 3. The largest absolute Gasteiger partial charge is 0.495 e. The van der Waals surface area contributed by atoms with Crippen LogP contribution in [0.1, 0.15) is 12.8 Å². The minimum absolute atomic E-state index is 0.172. The van der Waals surface area contributed by atoms with Gasteiger partial charge in [0.05, 0.1) is 23.5 Å². The highest BCUT2D eigenvalue weighted by molar-refractivity contribution is 7.21. The van der Waals surface area contributed by atoms with E-state index < -0.39 is 0 Å². The lowest BCUT2D eigenvalue weighted by molar-refractivity contribution is 0.413. The summed E-state index contributed by atoms with van der Waals surface area (Å²) in [6.45, 7) is 4.86. The number of nitrogens with zero attached hydrogens (tertiary/aromatic N) is 5. The fourth-order valence-electron chi connectivity index (χ4n) is 4.89. The first-order valence-corrected chi connectivity index (χ1v) is 13.5. The van der Waals surface area contributed by atoms with E-state index in [-0.39, 0.29) is 11.6 Å². The van der Waals surface area contributed by atoms with Gasteiger partial charge in [-0.1, -0.05) is 12.1 Å². The summed E-state index contributed by atoms with van der Waals surface area (Å²) in [6.07, 6.45) is 3.86. The van der Waals surface area contributed by atoms with E-state index >= 15 is 0 Å². The highest BCUT2D eigenvalue weighted by Crippen LogP contribution is 2.33. The van der Waals surface area contributed by atoms with Crippen molar-refractivity contribution in [2.45, 2.75) is 18.9 Å². The molecule has 2 aliphatic heterocycles. The number of hydrogen-bond acceptors (Lipinski definition) is 10. The molecule has 3 aromatic heterocycles. The Hall–Kier alpha value is -3.70. The smallest absolute Gasteiger partial charge is 0.264 e. The van der Waals surface area contributed by atoms with Crippen LogP contribution in [-0.4, -0.2) is 72.4 Å². The summed E-state index contributed by atoms with van der Waals surface area (Å²) in [5, 5.41) is 7.69. The maximum absolute atomic E-state index is 13.5. The molecule has 0 aliphatic carbocycles. The van der Waals surface area contributed by atoms with E-state index in [9.17, 15) is 4.79 Å². The second kappa shape index (κ2) is 10.3. The van der Waals surface area contributed by atoms with E-state index in [0.29, 0.717) is 22.3 Å². The van der Waals surface area contributed by atoms with E-state index in [4.69, 9.17) is 14.7 Å². The molecule has 6 rings (SSSR count). The number of H-pyrrole nitrogens is 1. The number of piperazine rings is 1. The van der Waals surface area contributed by atoms with Gasteiger partial charge in [-0.3, -0.25) is 9.78 Å². The summed E-state index contributed by atoms with van der Waals surface area (Å²) in [5.41, 5.74) is 1.23. The molecule has 1 atom stereocenters. The molecule has 192 valence electrons. The molecule has 0 bridgehead atoms. The van der Waals surface area contributed by atoms with Crippen molar-refractivity contribution in [3.63, 3.8) is 0 Å². The maximum atomic E-state index is 13.5. The molecule has 37 heavy (non-hydrogen) atoms. The van der Waals surface area contributed by atoms with Gasteiger partial charge in [0.1, 0.15) is 28.0 Å². The van der Waals surface area contributed by atoms with Crippen LogP contribution in [0.25, 0.3) is 20.8 Å². The lowest BCUT2D eigenvalue weighted by Gasteiger charge is -2.36. The average molecular weight is 519 g/mol. The van der Waals surface area contributed by atoms with Gasteiger partial charge in [-0.05, 0) is 43.7 Å². The third kappa shape index (κ3) is 4.96. The predicted molar refractivity (Wildman–Crippen MR) is 148 cm³/mol. The van der Waals surface area contributed by atoms with Crippen LogP contribution in [0.4, 0.5) is 17.6 Å². The van der Waals surface area contributed by atoms with Crippen LogP contribution < -0.4 is 30.7 Å². The normalized spacial score (nSPS) is 18.2. The molecule has 0 saturated carbocycles. The molecule has 4 aromatic rings. The minimum Gasteiger partial charge on any atom is -0.495 e. The Kier molecular flexibility index (Phi) is 6.62. The second-order valence-electron chi connectivity index (χ2n) is 9.32. The van der Waals surface area contributed by atoms with Crippen molar-refractivity contribution < 1.29 is 4.74 Å². The zero-order chi connectivity index (χ0) is 25.2. The number of para-hydroxylation sites is 1. The number of anilines is 3. The number of benzene rings is 1. The van der Waals surface area contributed by atoms with Crippen LogP contribution in [-0.2, 0) is 0 Å². The van der Waals surface area contributed by atoms with Crippen molar-refractivity contribution in [3.05, 3.63) is 52.9 Å². The van der Waals surface area contributed by atoms with Gasteiger partial charge in [-0.2, -0.15) is 4.98 Å². The number of aromatic nitrogens is 4. The standard InChI is InChI=1S/C26H30N8O2S/c1-36-18-8-9-21(28-16-18)33-11-13-34(14-12-33)26-31-23(29-17-5-4-10-27-15-17)22(24(35)32-26)25-30-19-6-2-3-7-20(19)37-25/h2-3,6-9,16-17,27H,4-5,10-15H2,1H3,(H2,29,31,32,35). The maximum Gasteiger partial charge on any atom is 0.264 e. The number of pyridine rings is 1. The number of fused-ring (bicyclic) bond motifs is 1. The van der Waals surface area contributed by atoms with E-state index in [2.05, 4.69) is 30.4 Å². The first-order valence-electron chi connectivity index (χ1n) is 12.7. The first-order chi connectivity index (χ1) is 18.2. The van der Waals surface area contributed by atoms with Crippen LogP contribution in [0.2, 0.25) is 0 Å². The van der Waals surface area contributed by atoms with Crippen molar-refractivity contribution in [2.75, 3.05) is 61.5 Å². The molecule has 1 unspecified atom stereocenters. The Morgan fingerprint density at radius 2 is 1.92 bits per heavy atom. The third-order valence-corrected chi connectivity index (χ3v) is 7.97. The number of rotatable bonds is 6. The van der Waals surface area contributed by atoms with Crippen LogP contribution >= 0.6 is 11.3 Å². The van der Waals surface area contributed by atoms with Gasteiger partial charge in [0.15, 0.2) is 0 Å². The van der Waals surface area contributed by atoms with Gasteiger partial charge in [0.25, 0.3) is 5.56 Å². The van der Waals surface area contributed by atoms with Gasteiger partial charge in [-0.25, -0.2) is 9.97 Å². The van der Waals surface area contributed by atoms with Gasteiger partial charge in [0, 0.05) is 38.8 Å². The quantitative estimate of drug-likeness (QED) is 0.355. The fourth-order valence-corrected chi connectivity index (χ4v) is 5.90. The monoisotopic (exact) mass is 518 g/mol. The summed E-state index contributed by atoms with van der Waals surface area (Å²) in [4.78, 5) is 35.2. The number of methoxy groups -OCH3 is 1. The lowest BCUT2D eigenvalue weighted by Crippen LogP contribution is -2.48. The zero-order valence-corrected chi connectivity index (χ0v) is 21.6. The topological polar surface area (TPSA) is 111 Å². The lowest BCUT2D eigenvalue weighted by atomic mass is 10.1. The second-order valence-corrected chi connectivity index (χ2v) is 10.3. The van der Waals surface area contributed by atoms with Crippen LogP contribution in [0, 0.1) is 0 Å². The highest BCUT2D eigenvalue weighted by Gasteiger charge is 2.25. The predicted octanol–water partition coefficient (Wildman–Crippen LogP) is 2.94. The van der Waals surface area contributed by atoms with Gasteiger partial charge in [0.2, 0.25) is 5.95 Å². The fraction of sp³-hybridized carbons (Fsp3) is 0.385. The molecule has 5 heterocycles. The highest BCUT2D eigenvalue weighted by atomic mass is 32.1. The summed E-state index contributed by atoms with van der Waals surface area (Å²) in [6, 6.07) is 12.1. The summed E-state index contributed by atoms with van der Waals surface area (Å²) in [7, 11) is 1.64. The Morgan fingerprint density at radius 1 is 1.08 bits per heavy atom. The molecule has 11 heteroatoms.